The van der Waals surface area contributed by atoms with Gasteiger partial charge < -0.3 is 13.9 Å². The van der Waals surface area contributed by atoms with E-state index in [1.807, 2.05) is 35.4 Å². The molecule has 1 aromatic carbocycles. The molecule has 0 bridgehead atoms. The molecular weight excluding hydrogens is 426 g/mol. The fraction of sp³-hybridized carbons (Fsp3) is 0.300. The summed E-state index contributed by atoms with van der Waals surface area (Å²) < 4.78 is 8.69. The van der Waals surface area contributed by atoms with Crippen molar-refractivity contribution in [2.75, 3.05) is 18.8 Å². The van der Waals surface area contributed by atoms with E-state index >= 15 is 0 Å². The maximum atomic E-state index is 12.4. The van der Waals surface area contributed by atoms with Gasteiger partial charge in [0.1, 0.15) is 5.76 Å². The van der Waals surface area contributed by atoms with E-state index in [-0.39, 0.29) is 5.91 Å². The molecule has 2 aromatic heterocycles. The van der Waals surface area contributed by atoms with Gasteiger partial charge in [-0.25, -0.2) is 4.98 Å². The minimum atomic E-state index is 0.190. The lowest BCUT2D eigenvalue weighted by Crippen LogP contribution is -2.29. The fourth-order valence-electron chi connectivity index (χ4n) is 3.22. The van der Waals surface area contributed by atoms with Crippen LogP contribution in [0.1, 0.15) is 18.6 Å². The van der Waals surface area contributed by atoms with E-state index < -0.39 is 0 Å². The number of benzene rings is 1. The normalized spacial score (nSPS) is 14.0. The van der Waals surface area contributed by atoms with E-state index in [1.54, 1.807) is 6.26 Å². The van der Waals surface area contributed by atoms with Crippen molar-refractivity contribution in [1.29, 1.82) is 0 Å². The molecule has 0 N–H and O–H groups in total. The molecule has 1 aliphatic heterocycles. The summed E-state index contributed by atoms with van der Waals surface area (Å²) in [5.74, 6) is 1.46. The third kappa shape index (κ3) is 4.30. The number of rotatable bonds is 6. The predicted molar refractivity (Wildman–Crippen MR) is 110 cm³/mol. The molecule has 0 radical (unpaired) electrons. The van der Waals surface area contributed by atoms with Crippen molar-refractivity contribution in [2.45, 2.75) is 24.5 Å². The highest BCUT2D eigenvalue weighted by Crippen LogP contribution is 2.28. The molecule has 4 rings (SSSR count). The zero-order valence-corrected chi connectivity index (χ0v) is 17.2. The average molecular weight is 446 g/mol. The Bertz CT molecular complexity index is 900. The van der Waals surface area contributed by atoms with Gasteiger partial charge >= 0.3 is 0 Å². The number of hydrogen-bond acceptors (Lipinski definition) is 4. The van der Waals surface area contributed by atoms with E-state index in [1.165, 1.54) is 11.8 Å². The molecule has 3 aromatic rings. The second kappa shape index (κ2) is 8.35. The number of carbonyl (C=O) groups is 1. The SMILES string of the molecule is O=C(CSc1ncc(-c2ccc(Br)cc2)n1Cc1ccco1)N1CCCC1. The topological polar surface area (TPSA) is 51.3 Å². The first kappa shape index (κ1) is 18.4. The molecule has 7 heteroatoms. The van der Waals surface area contributed by atoms with Crippen molar-refractivity contribution in [3.05, 3.63) is 59.1 Å². The summed E-state index contributed by atoms with van der Waals surface area (Å²) in [7, 11) is 0. The van der Waals surface area contributed by atoms with Crippen molar-refractivity contribution in [3.8, 4) is 11.3 Å². The van der Waals surface area contributed by atoms with Crippen LogP contribution in [-0.2, 0) is 11.3 Å². The van der Waals surface area contributed by atoms with Crippen LogP contribution in [0.15, 0.2) is 62.9 Å². The summed E-state index contributed by atoms with van der Waals surface area (Å²) in [5, 5.41) is 0.830. The zero-order chi connectivity index (χ0) is 18.6. The first-order valence-electron chi connectivity index (χ1n) is 8.95. The molecule has 27 heavy (non-hydrogen) atoms. The van der Waals surface area contributed by atoms with Crippen LogP contribution in [0.3, 0.4) is 0 Å². The summed E-state index contributed by atoms with van der Waals surface area (Å²) in [4.78, 5) is 18.9. The number of halogens is 1. The summed E-state index contributed by atoms with van der Waals surface area (Å²) in [6, 6.07) is 12.0. The number of imidazole rings is 1. The van der Waals surface area contributed by atoms with Crippen LogP contribution in [0.2, 0.25) is 0 Å². The Morgan fingerprint density at radius 1 is 1.19 bits per heavy atom. The number of carbonyl (C=O) groups excluding carboxylic acids is 1. The second-order valence-corrected chi connectivity index (χ2v) is 8.33. The summed E-state index contributed by atoms with van der Waals surface area (Å²) in [6.45, 7) is 2.34. The van der Waals surface area contributed by atoms with E-state index in [2.05, 4.69) is 37.6 Å². The Morgan fingerprint density at radius 2 is 1.96 bits per heavy atom. The highest BCUT2D eigenvalue weighted by molar-refractivity contribution is 9.10. The molecule has 0 unspecified atom stereocenters. The van der Waals surface area contributed by atoms with Crippen LogP contribution >= 0.6 is 27.7 Å². The van der Waals surface area contributed by atoms with Gasteiger partial charge in [0.25, 0.3) is 0 Å². The third-order valence-corrected chi connectivity index (χ3v) is 6.14. The maximum Gasteiger partial charge on any atom is 0.233 e. The maximum absolute atomic E-state index is 12.4. The van der Waals surface area contributed by atoms with E-state index in [9.17, 15) is 4.79 Å². The largest absolute Gasteiger partial charge is 0.467 e. The average Bonchev–Trinajstić information content (AvgIpc) is 3.44. The second-order valence-electron chi connectivity index (χ2n) is 6.47. The van der Waals surface area contributed by atoms with Crippen molar-refractivity contribution >= 4 is 33.6 Å². The van der Waals surface area contributed by atoms with Crippen LogP contribution < -0.4 is 0 Å². The highest BCUT2D eigenvalue weighted by Gasteiger charge is 2.20. The number of amides is 1. The standard InChI is InChI=1S/C20H20BrN3O2S/c21-16-7-5-15(6-8-16)18-12-22-20(24(18)13-17-4-3-11-26-17)27-14-19(25)23-9-1-2-10-23/h3-8,11-12H,1-2,9-10,13-14H2. The fourth-order valence-corrected chi connectivity index (χ4v) is 4.37. The van der Waals surface area contributed by atoms with Gasteiger partial charge in [-0.15, -0.1) is 0 Å². The number of likely N-dealkylation sites (tertiary alicyclic amines) is 1. The molecule has 0 atom stereocenters. The van der Waals surface area contributed by atoms with Gasteiger partial charge in [0.2, 0.25) is 5.91 Å². The lowest BCUT2D eigenvalue weighted by molar-refractivity contribution is -0.127. The van der Waals surface area contributed by atoms with Gasteiger partial charge in [-0.1, -0.05) is 39.8 Å². The van der Waals surface area contributed by atoms with Gasteiger partial charge in [0.05, 0.1) is 30.5 Å². The Hall–Kier alpha value is -1.99. The molecule has 5 nitrogen and oxygen atoms in total. The van der Waals surface area contributed by atoms with Gasteiger partial charge in [-0.3, -0.25) is 4.79 Å². The Labute approximate surface area is 170 Å². The van der Waals surface area contributed by atoms with Crippen molar-refractivity contribution in [3.63, 3.8) is 0 Å². The Morgan fingerprint density at radius 3 is 2.67 bits per heavy atom. The monoisotopic (exact) mass is 445 g/mol. The minimum absolute atomic E-state index is 0.190. The Kier molecular flexibility index (Phi) is 5.69. The molecule has 140 valence electrons. The summed E-state index contributed by atoms with van der Waals surface area (Å²) in [5.41, 5.74) is 2.09. The lowest BCUT2D eigenvalue weighted by Gasteiger charge is -2.15. The molecule has 0 spiro atoms. The Balaban J connectivity index is 1.58. The first-order chi connectivity index (χ1) is 13.2. The van der Waals surface area contributed by atoms with Crippen LogP contribution in [-0.4, -0.2) is 39.2 Å². The summed E-state index contributed by atoms with van der Waals surface area (Å²) in [6.07, 6.45) is 5.76. The molecule has 1 aliphatic rings. The molecule has 3 heterocycles. The van der Waals surface area contributed by atoms with Crippen LogP contribution in [0.5, 0.6) is 0 Å². The first-order valence-corrected chi connectivity index (χ1v) is 10.7. The lowest BCUT2D eigenvalue weighted by atomic mass is 10.2. The molecule has 1 saturated heterocycles. The van der Waals surface area contributed by atoms with Crippen molar-refractivity contribution < 1.29 is 9.21 Å². The quantitative estimate of drug-likeness (QED) is 0.517. The highest BCUT2D eigenvalue weighted by atomic mass is 79.9. The van der Waals surface area contributed by atoms with Gasteiger partial charge in [-0.2, -0.15) is 0 Å². The van der Waals surface area contributed by atoms with E-state index in [0.717, 1.165) is 52.6 Å². The molecular formula is C20H20BrN3O2S. The van der Waals surface area contributed by atoms with E-state index in [0.29, 0.717) is 12.3 Å². The predicted octanol–water partition coefficient (Wildman–Crippen LogP) is 4.67. The van der Waals surface area contributed by atoms with Gasteiger partial charge in [0, 0.05) is 17.6 Å². The van der Waals surface area contributed by atoms with E-state index in [4.69, 9.17) is 4.42 Å². The number of thioether (sulfide) groups is 1. The number of furan rings is 1. The molecule has 1 fully saturated rings. The minimum Gasteiger partial charge on any atom is -0.467 e. The number of aromatic nitrogens is 2. The summed E-state index contributed by atoms with van der Waals surface area (Å²) >= 11 is 4.97. The zero-order valence-electron chi connectivity index (χ0n) is 14.8. The number of hydrogen-bond donors (Lipinski definition) is 0. The molecule has 0 saturated carbocycles. The van der Waals surface area contributed by atoms with Crippen LogP contribution in [0, 0.1) is 0 Å². The van der Waals surface area contributed by atoms with Gasteiger partial charge in [0.15, 0.2) is 5.16 Å². The van der Waals surface area contributed by atoms with Crippen LogP contribution in [0.25, 0.3) is 11.3 Å². The molecule has 0 aliphatic carbocycles. The third-order valence-electron chi connectivity index (χ3n) is 4.64. The smallest absolute Gasteiger partial charge is 0.233 e. The van der Waals surface area contributed by atoms with Crippen molar-refractivity contribution in [2.24, 2.45) is 0 Å². The van der Waals surface area contributed by atoms with Crippen LogP contribution in [0.4, 0.5) is 0 Å². The van der Waals surface area contributed by atoms with Crippen molar-refractivity contribution in [1.82, 2.24) is 14.5 Å². The number of nitrogens with zero attached hydrogens (tertiary/aromatic N) is 3. The van der Waals surface area contributed by atoms with Gasteiger partial charge in [-0.05, 0) is 42.7 Å². The molecule has 1 amide bonds.